The molecule has 2 heterocycles. The van der Waals surface area contributed by atoms with Crippen molar-refractivity contribution in [1.82, 2.24) is 4.90 Å². The van der Waals surface area contributed by atoms with E-state index in [4.69, 9.17) is 14.2 Å². The van der Waals surface area contributed by atoms with Gasteiger partial charge in [-0.3, -0.25) is 4.79 Å². The molecule has 5 nitrogen and oxygen atoms in total. The molecule has 1 atom stereocenters. The molecule has 23 heavy (non-hydrogen) atoms. The van der Waals surface area contributed by atoms with Crippen LogP contribution in [0.25, 0.3) is 0 Å². The zero-order valence-electron chi connectivity index (χ0n) is 13.9. The fourth-order valence-corrected chi connectivity index (χ4v) is 3.17. The minimum Gasteiger partial charge on any atom is -0.481 e. The Hall–Kier alpha value is -1.59. The van der Waals surface area contributed by atoms with Gasteiger partial charge in [-0.05, 0) is 31.0 Å². The molecule has 1 aromatic rings. The molecule has 2 saturated heterocycles. The molecule has 0 saturated carbocycles. The smallest absolute Gasteiger partial charge is 0.263 e. The molecule has 0 aromatic heterocycles. The van der Waals surface area contributed by atoms with Gasteiger partial charge in [-0.15, -0.1) is 0 Å². The van der Waals surface area contributed by atoms with Crippen LogP contribution in [-0.4, -0.2) is 49.0 Å². The lowest BCUT2D eigenvalue weighted by atomic mass is 10.0. The number of likely N-dealkylation sites (tertiary alicyclic amines) is 1. The summed E-state index contributed by atoms with van der Waals surface area (Å²) in [5.74, 6) is 0.313. The van der Waals surface area contributed by atoms with Crippen LogP contribution in [0.4, 0.5) is 0 Å². The molecule has 2 fully saturated rings. The number of amides is 1. The van der Waals surface area contributed by atoms with E-state index in [9.17, 15) is 4.79 Å². The van der Waals surface area contributed by atoms with E-state index in [1.807, 2.05) is 36.1 Å². The predicted octanol–water partition coefficient (Wildman–Crippen LogP) is 2.38. The van der Waals surface area contributed by atoms with Crippen molar-refractivity contribution in [3.05, 3.63) is 29.8 Å². The minimum absolute atomic E-state index is 0.0254. The van der Waals surface area contributed by atoms with Crippen molar-refractivity contribution in [1.29, 1.82) is 0 Å². The van der Waals surface area contributed by atoms with Gasteiger partial charge in [0.1, 0.15) is 5.75 Å². The highest BCUT2D eigenvalue weighted by molar-refractivity contribution is 5.81. The summed E-state index contributed by atoms with van der Waals surface area (Å²) >= 11 is 0. The van der Waals surface area contributed by atoms with E-state index in [0.717, 1.165) is 25.0 Å². The lowest BCUT2D eigenvalue weighted by Crippen LogP contribution is -2.50. The highest BCUT2D eigenvalue weighted by Crippen LogP contribution is 2.31. The van der Waals surface area contributed by atoms with E-state index < -0.39 is 11.9 Å². The normalized spacial score (nSPS) is 21.4. The molecule has 5 heteroatoms. The van der Waals surface area contributed by atoms with E-state index in [1.54, 1.807) is 0 Å². The van der Waals surface area contributed by atoms with Crippen molar-refractivity contribution in [2.45, 2.75) is 45.0 Å². The summed E-state index contributed by atoms with van der Waals surface area (Å²) in [4.78, 5) is 14.4. The van der Waals surface area contributed by atoms with Crippen LogP contribution in [0.15, 0.2) is 24.3 Å². The Bertz CT molecular complexity index is 526. The quantitative estimate of drug-likeness (QED) is 0.855. The molecule has 2 aliphatic heterocycles. The summed E-state index contributed by atoms with van der Waals surface area (Å²) in [6, 6.07) is 7.92. The topological polar surface area (TPSA) is 48.0 Å². The lowest BCUT2D eigenvalue weighted by Gasteiger charge is -2.38. The maximum absolute atomic E-state index is 12.5. The van der Waals surface area contributed by atoms with E-state index in [2.05, 4.69) is 6.92 Å². The number of ether oxygens (including phenoxy) is 3. The van der Waals surface area contributed by atoms with E-state index in [-0.39, 0.29) is 5.91 Å². The molecule has 0 aliphatic carbocycles. The maximum Gasteiger partial charge on any atom is 0.263 e. The first kappa shape index (κ1) is 16.3. The van der Waals surface area contributed by atoms with E-state index in [1.165, 1.54) is 5.56 Å². The number of hydrogen-bond acceptors (Lipinski definition) is 4. The molecular formula is C18H25NO4. The van der Waals surface area contributed by atoms with Crippen molar-refractivity contribution in [2.75, 3.05) is 26.3 Å². The Morgan fingerprint density at radius 2 is 1.83 bits per heavy atom. The Balaban J connectivity index is 1.53. The van der Waals surface area contributed by atoms with Crippen LogP contribution in [-0.2, 0) is 20.7 Å². The SMILES string of the molecule is CCc1ccc(OC(C)C(=O)N2CCC3(CC2)OCCO3)cc1. The van der Waals surface area contributed by atoms with Gasteiger partial charge in [-0.2, -0.15) is 0 Å². The number of piperidine rings is 1. The lowest BCUT2D eigenvalue weighted by molar-refractivity contribution is -0.188. The Morgan fingerprint density at radius 1 is 1.22 bits per heavy atom. The molecule has 1 unspecified atom stereocenters. The summed E-state index contributed by atoms with van der Waals surface area (Å²) in [6.07, 6.45) is 1.98. The number of nitrogens with zero attached hydrogens (tertiary/aromatic N) is 1. The fourth-order valence-electron chi connectivity index (χ4n) is 3.17. The van der Waals surface area contributed by atoms with Gasteiger partial charge >= 0.3 is 0 Å². The number of carbonyl (C=O) groups is 1. The number of aryl methyl sites for hydroxylation is 1. The van der Waals surface area contributed by atoms with Crippen LogP contribution >= 0.6 is 0 Å². The molecule has 3 rings (SSSR count). The molecule has 0 N–H and O–H groups in total. The zero-order chi connectivity index (χ0) is 16.3. The van der Waals surface area contributed by atoms with Gasteiger partial charge in [0.2, 0.25) is 0 Å². The van der Waals surface area contributed by atoms with Crippen LogP contribution in [0.3, 0.4) is 0 Å². The summed E-state index contributed by atoms with van der Waals surface area (Å²) in [5, 5.41) is 0. The molecule has 1 amide bonds. The third-order valence-corrected chi connectivity index (χ3v) is 4.64. The second kappa shape index (κ2) is 6.89. The van der Waals surface area contributed by atoms with Crippen LogP contribution in [0.5, 0.6) is 5.75 Å². The van der Waals surface area contributed by atoms with Crippen molar-refractivity contribution >= 4 is 5.91 Å². The number of benzene rings is 1. The van der Waals surface area contributed by atoms with Gasteiger partial charge in [-0.25, -0.2) is 0 Å². The molecule has 1 spiro atoms. The van der Waals surface area contributed by atoms with Gasteiger partial charge in [-0.1, -0.05) is 19.1 Å². The maximum atomic E-state index is 12.5. The molecule has 0 radical (unpaired) electrons. The van der Waals surface area contributed by atoms with Gasteiger partial charge in [0.25, 0.3) is 5.91 Å². The first-order valence-corrected chi connectivity index (χ1v) is 8.44. The summed E-state index contributed by atoms with van der Waals surface area (Å²) < 4.78 is 17.2. The highest BCUT2D eigenvalue weighted by atomic mass is 16.7. The third kappa shape index (κ3) is 3.67. The van der Waals surface area contributed by atoms with Crippen molar-refractivity contribution in [3.8, 4) is 5.75 Å². The first-order chi connectivity index (χ1) is 11.1. The number of hydrogen-bond donors (Lipinski definition) is 0. The van der Waals surface area contributed by atoms with Crippen molar-refractivity contribution in [2.24, 2.45) is 0 Å². The monoisotopic (exact) mass is 319 g/mol. The van der Waals surface area contributed by atoms with Crippen LogP contribution in [0.2, 0.25) is 0 Å². The molecule has 0 bridgehead atoms. The van der Waals surface area contributed by atoms with Crippen LogP contribution < -0.4 is 4.74 Å². The zero-order valence-corrected chi connectivity index (χ0v) is 13.9. The Kier molecular flexibility index (Phi) is 4.87. The Labute approximate surface area is 137 Å². The molecule has 126 valence electrons. The second-order valence-corrected chi connectivity index (χ2v) is 6.19. The summed E-state index contributed by atoms with van der Waals surface area (Å²) in [6.45, 7) is 6.54. The minimum atomic E-state index is -0.484. The van der Waals surface area contributed by atoms with Gasteiger partial charge in [0.05, 0.1) is 13.2 Å². The average molecular weight is 319 g/mol. The van der Waals surface area contributed by atoms with Crippen molar-refractivity contribution < 1.29 is 19.0 Å². The molecule has 1 aromatic carbocycles. The number of rotatable bonds is 4. The van der Waals surface area contributed by atoms with Crippen LogP contribution in [0, 0.1) is 0 Å². The third-order valence-electron chi connectivity index (χ3n) is 4.64. The summed E-state index contributed by atoms with van der Waals surface area (Å²) in [7, 11) is 0. The average Bonchev–Trinajstić information content (AvgIpc) is 3.03. The van der Waals surface area contributed by atoms with Crippen LogP contribution in [0.1, 0.15) is 32.3 Å². The second-order valence-electron chi connectivity index (χ2n) is 6.19. The van der Waals surface area contributed by atoms with Gasteiger partial charge in [0.15, 0.2) is 11.9 Å². The van der Waals surface area contributed by atoms with Gasteiger partial charge < -0.3 is 19.1 Å². The van der Waals surface area contributed by atoms with E-state index in [0.29, 0.717) is 26.3 Å². The fraction of sp³-hybridized carbons (Fsp3) is 0.611. The highest BCUT2D eigenvalue weighted by Gasteiger charge is 2.41. The predicted molar refractivity (Wildman–Crippen MR) is 86.4 cm³/mol. The summed E-state index contributed by atoms with van der Waals surface area (Å²) in [5.41, 5.74) is 1.26. The largest absolute Gasteiger partial charge is 0.481 e. The molecular weight excluding hydrogens is 294 g/mol. The van der Waals surface area contributed by atoms with E-state index >= 15 is 0 Å². The Morgan fingerprint density at radius 3 is 2.39 bits per heavy atom. The number of carbonyl (C=O) groups excluding carboxylic acids is 1. The first-order valence-electron chi connectivity index (χ1n) is 8.44. The standard InChI is InChI=1S/C18H25NO4/c1-3-15-4-6-16(7-5-15)23-14(2)17(20)19-10-8-18(9-11-19)21-12-13-22-18/h4-7,14H,3,8-13H2,1-2H3. The van der Waals surface area contributed by atoms with Gasteiger partial charge in [0, 0.05) is 25.9 Å². The van der Waals surface area contributed by atoms with Crippen molar-refractivity contribution in [3.63, 3.8) is 0 Å². The molecule has 2 aliphatic rings.